The van der Waals surface area contributed by atoms with Crippen LogP contribution >= 0.6 is 0 Å². The first-order valence-electron chi connectivity index (χ1n) is 11.6. The molecule has 32 heavy (non-hydrogen) atoms. The fourth-order valence-corrected chi connectivity index (χ4v) is 4.44. The zero-order chi connectivity index (χ0) is 22.8. The van der Waals surface area contributed by atoms with Gasteiger partial charge in [0, 0.05) is 64.7 Å². The Morgan fingerprint density at radius 3 is 1.91 bits per heavy atom. The van der Waals surface area contributed by atoms with Crippen LogP contribution in [0.15, 0.2) is 0 Å². The van der Waals surface area contributed by atoms with Crippen molar-refractivity contribution in [3.63, 3.8) is 0 Å². The second-order valence-corrected chi connectivity index (χ2v) is 9.11. The maximum atomic E-state index is 12.1. The predicted octanol–water partition coefficient (Wildman–Crippen LogP) is 0.542. The average molecular weight is 504 g/mol. The number of carboxylic acids is 2. The van der Waals surface area contributed by atoms with Crippen molar-refractivity contribution < 1.29 is 41.7 Å². The molecule has 2 heterocycles. The minimum absolute atomic E-state index is 0. The molecule has 2 N–H and O–H groups in total. The number of carboxylic acid groups (broad SMARTS) is 2. The van der Waals surface area contributed by atoms with E-state index < -0.39 is 18.0 Å². The summed E-state index contributed by atoms with van der Waals surface area (Å²) >= 11 is 0. The zero-order valence-electron chi connectivity index (χ0n) is 19.5. The van der Waals surface area contributed by atoms with Crippen molar-refractivity contribution in [1.29, 1.82) is 0 Å². The van der Waals surface area contributed by atoms with Gasteiger partial charge in [0.2, 0.25) is 0 Å². The summed E-state index contributed by atoms with van der Waals surface area (Å²) in [7, 11) is 0. The Bertz CT molecular complexity index is 607. The van der Waals surface area contributed by atoms with E-state index in [1.807, 2.05) is 18.7 Å². The molecule has 0 aliphatic carbocycles. The maximum absolute atomic E-state index is 12.1. The summed E-state index contributed by atoms with van der Waals surface area (Å²) in [6.45, 7) is 11.9. The molecule has 2 aliphatic heterocycles. The van der Waals surface area contributed by atoms with E-state index in [-0.39, 0.29) is 35.3 Å². The standard InChI is InChI=1S/C22H40N4O5.Cu/c1-18(2)20(27)6-5-19(22(30)31)26-10-4-8-23-11-12-24(15-16-26)7-3-9-25(14-13-23)17-21(28)29;/h18-19H,3-17H2,1-2H3,(H,28,29)(H,30,31);/q;+2. The molecule has 0 aromatic heterocycles. The summed E-state index contributed by atoms with van der Waals surface area (Å²) < 4.78 is 0. The number of ketones is 1. The monoisotopic (exact) mass is 503 g/mol. The first-order valence-corrected chi connectivity index (χ1v) is 11.6. The van der Waals surface area contributed by atoms with Crippen molar-refractivity contribution in [2.24, 2.45) is 5.92 Å². The van der Waals surface area contributed by atoms with Gasteiger partial charge in [-0.2, -0.15) is 0 Å². The van der Waals surface area contributed by atoms with Crippen molar-refractivity contribution in [3.8, 4) is 0 Å². The van der Waals surface area contributed by atoms with Crippen molar-refractivity contribution >= 4 is 17.7 Å². The van der Waals surface area contributed by atoms with Gasteiger partial charge >= 0.3 is 29.0 Å². The second kappa shape index (κ2) is 15.0. The first kappa shape index (κ1) is 29.0. The Morgan fingerprint density at radius 1 is 0.781 bits per heavy atom. The van der Waals surface area contributed by atoms with Crippen LogP contribution in [0.5, 0.6) is 0 Å². The number of carbonyl (C=O) groups is 3. The van der Waals surface area contributed by atoms with E-state index in [0.717, 1.165) is 65.2 Å². The number of carbonyl (C=O) groups excluding carboxylic acids is 1. The van der Waals surface area contributed by atoms with Crippen LogP contribution < -0.4 is 0 Å². The third kappa shape index (κ3) is 10.3. The second-order valence-electron chi connectivity index (χ2n) is 9.11. The van der Waals surface area contributed by atoms with Crippen molar-refractivity contribution in [2.75, 3.05) is 72.0 Å². The van der Waals surface area contributed by atoms with Crippen LogP contribution in [0.3, 0.4) is 0 Å². The van der Waals surface area contributed by atoms with Crippen LogP contribution in [0, 0.1) is 5.92 Å². The fourth-order valence-electron chi connectivity index (χ4n) is 4.44. The van der Waals surface area contributed by atoms with Crippen LogP contribution in [0.25, 0.3) is 0 Å². The minimum Gasteiger partial charge on any atom is -0.480 e. The molecule has 0 amide bonds. The topological polar surface area (TPSA) is 105 Å². The normalized spacial score (nSPS) is 25.0. The third-order valence-electron chi connectivity index (χ3n) is 6.43. The van der Waals surface area contributed by atoms with E-state index in [9.17, 15) is 19.5 Å². The van der Waals surface area contributed by atoms with Gasteiger partial charge in [-0.1, -0.05) is 13.8 Å². The van der Waals surface area contributed by atoms with Crippen LogP contribution in [0.1, 0.15) is 39.5 Å². The quantitative estimate of drug-likeness (QED) is 0.459. The van der Waals surface area contributed by atoms with Crippen molar-refractivity contribution in [3.05, 3.63) is 0 Å². The molecule has 0 aromatic rings. The Hall–Kier alpha value is -1.03. The number of Topliss-reactive ketones (excluding diaryl/α,β-unsaturated/α-hetero) is 1. The molecule has 2 rings (SSSR count). The summed E-state index contributed by atoms with van der Waals surface area (Å²) in [6, 6.07) is -0.628. The van der Waals surface area contributed by atoms with Crippen LogP contribution in [0.2, 0.25) is 0 Å². The number of nitrogens with zero attached hydrogens (tertiary/aromatic N) is 4. The molecule has 10 heteroatoms. The van der Waals surface area contributed by atoms with Gasteiger partial charge in [-0.05, 0) is 32.4 Å². The van der Waals surface area contributed by atoms with E-state index in [2.05, 4.69) is 14.7 Å². The van der Waals surface area contributed by atoms with Gasteiger partial charge in [0.05, 0.1) is 6.54 Å². The maximum Gasteiger partial charge on any atom is 2.00 e. The van der Waals surface area contributed by atoms with Crippen molar-refractivity contribution in [1.82, 2.24) is 19.6 Å². The smallest absolute Gasteiger partial charge is 0.480 e. The number of hydrogen-bond donors (Lipinski definition) is 2. The Balaban J connectivity index is 0.00000512. The molecule has 187 valence electrons. The molecule has 2 saturated heterocycles. The average Bonchev–Trinajstić information content (AvgIpc) is 2.70. The number of hydrogen-bond acceptors (Lipinski definition) is 7. The molecule has 0 aromatic carbocycles. The van der Waals surface area contributed by atoms with Gasteiger partial charge in [0.15, 0.2) is 0 Å². The fraction of sp³-hybridized carbons (Fsp3) is 0.864. The Morgan fingerprint density at radius 2 is 1.34 bits per heavy atom. The molecular formula is C22H40CuN4O5+2. The summed E-state index contributed by atoms with van der Waals surface area (Å²) in [6.07, 6.45) is 2.43. The SMILES string of the molecule is CC(C)C(=O)CCC(C(=O)O)N1CCCN2CCN(CCCN(CC(=O)O)CC2)CC1.[Cu+2]. The van der Waals surface area contributed by atoms with Gasteiger partial charge in [-0.15, -0.1) is 0 Å². The zero-order valence-corrected chi connectivity index (χ0v) is 20.4. The Labute approximate surface area is 202 Å². The Kier molecular flexibility index (Phi) is 13.6. The summed E-state index contributed by atoms with van der Waals surface area (Å²) in [4.78, 5) is 44.0. The van der Waals surface area contributed by atoms with E-state index in [1.165, 1.54) is 0 Å². The molecule has 3 atom stereocenters. The van der Waals surface area contributed by atoms with Crippen molar-refractivity contribution in [2.45, 2.75) is 45.6 Å². The van der Waals surface area contributed by atoms with Crippen LogP contribution in [-0.4, -0.2) is 126 Å². The summed E-state index contributed by atoms with van der Waals surface area (Å²) in [5.74, 6) is -1.58. The first-order chi connectivity index (χ1) is 14.8. The summed E-state index contributed by atoms with van der Waals surface area (Å²) in [5.41, 5.74) is 0. The molecule has 9 nitrogen and oxygen atoms in total. The summed E-state index contributed by atoms with van der Waals surface area (Å²) in [5, 5.41) is 19.0. The third-order valence-corrected chi connectivity index (χ3v) is 6.43. The molecule has 0 saturated carbocycles. The molecule has 2 bridgehead atoms. The number of rotatable bonds is 8. The van der Waals surface area contributed by atoms with E-state index >= 15 is 0 Å². The molecule has 2 fully saturated rings. The van der Waals surface area contributed by atoms with Crippen LogP contribution in [-0.2, 0) is 31.5 Å². The molecule has 0 spiro atoms. The van der Waals surface area contributed by atoms with Gasteiger partial charge in [0.1, 0.15) is 11.8 Å². The van der Waals surface area contributed by atoms with Crippen LogP contribution in [0.4, 0.5) is 0 Å². The minimum atomic E-state index is -0.845. The molecule has 1 radical (unpaired) electrons. The molecular weight excluding hydrogens is 464 g/mol. The van der Waals surface area contributed by atoms with Gasteiger partial charge in [-0.3, -0.25) is 24.2 Å². The molecule has 2 aliphatic rings. The van der Waals surface area contributed by atoms with Gasteiger partial charge in [-0.25, -0.2) is 0 Å². The molecule has 3 unspecified atom stereocenters. The van der Waals surface area contributed by atoms with E-state index in [1.54, 1.807) is 0 Å². The van der Waals surface area contributed by atoms with Gasteiger partial charge < -0.3 is 20.0 Å². The van der Waals surface area contributed by atoms with E-state index in [4.69, 9.17) is 5.11 Å². The number of aliphatic carboxylic acids is 2. The van der Waals surface area contributed by atoms with Gasteiger partial charge in [0.25, 0.3) is 0 Å². The predicted molar refractivity (Wildman–Crippen MR) is 118 cm³/mol. The number of fused-ring (bicyclic) bond motifs is 3. The largest absolute Gasteiger partial charge is 2.00 e. The van der Waals surface area contributed by atoms with E-state index in [0.29, 0.717) is 25.9 Å².